The summed E-state index contributed by atoms with van der Waals surface area (Å²) < 4.78 is 0. The molecule has 1 atom stereocenters. The Morgan fingerprint density at radius 1 is 1.20 bits per heavy atom. The van der Waals surface area contributed by atoms with Crippen LogP contribution < -0.4 is 0 Å². The maximum Gasteiger partial charge on any atom is 0.0541 e. The van der Waals surface area contributed by atoms with E-state index in [2.05, 4.69) is 13.8 Å². The average molecular weight is 143 g/mol. The molecule has 0 amide bonds. The van der Waals surface area contributed by atoms with Crippen molar-refractivity contribution in [2.45, 2.75) is 51.6 Å². The van der Waals surface area contributed by atoms with Crippen LogP contribution in [0.4, 0.5) is 0 Å². The molecule has 0 fully saturated rings. The SMILES string of the molecule is [CH2]C(O)CCCCCCC. The minimum absolute atomic E-state index is 0.346. The van der Waals surface area contributed by atoms with Crippen LogP contribution in [0, 0.1) is 6.92 Å². The molecule has 0 rings (SSSR count). The lowest BCUT2D eigenvalue weighted by molar-refractivity contribution is 0.205. The highest BCUT2D eigenvalue weighted by atomic mass is 16.3. The van der Waals surface area contributed by atoms with Crippen molar-refractivity contribution in [1.82, 2.24) is 0 Å². The molecular formula is C9H19O. The van der Waals surface area contributed by atoms with Crippen molar-refractivity contribution in [2.75, 3.05) is 0 Å². The van der Waals surface area contributed by atoms with Crippen molar-refractivity contribution in [3.63, 3.8) is 0 Å². The third-order valence-corrected chi connectivity index (χ3v) is 1.64. The van der Waals surface area contributed by atoms with Crippen molar-refractivity contribution < 1.29 is 5.11 Å². The topological polar surface area (TPSA) is 20.2 Å². The molecule has 1 nitrogen and oxygen atoms in total. The fraction of sp³-hybridized carbons (Fsp3) is 0.889. The van der Waals surface area contributed by atoms with Gasteiger partial charge in [0.05, 0.1) is 6.10 Å². The fourth-order valence-electron chi connectivity index (χ4n) is 0.984. The third kappa shape index (κ3) is 7.96. The largest absolute Gasteiger partial charge is 0.393 e. The maximum absolute atomic E-state index is 8.80. The number of hydrogen-bond donors (Lipinski definition) is 1. The Labute approximate surface area is 64.5 Å². The van der Waals surface area contributed by atoms with Gasteiger partial charge in [-0.05, 0) is 13.3 Å². The zero-order valence-electron chi connectivity index (χ0n) is 6.97. The van der Waals surface area contributed by atoms with Crippen molar-refractivity contribution in [2.24, 2.45) is 0 Å². The molecule has 1 unspecified atom stereocenters. The molecule has 0 aromatic rings. The molecule has 61 valence electrons. The highest BCUT2D eigenvalue weighted by Gasteiger charge is 1.94. The van der Waals surface area contributed by atoms with E-state index in [0.29, 0.717) is 0 Å². The first-order chi connectivity index (χ1) is 4.77. The van der Waals surface area contributed by atoms with E-state index < -0.39 is 0 Å². The van der Waals surface area contributed by atoms with Crippen LogP contribution in [0.25, 0.3) is 0 Å². The molecule has 10 heavy (non-hydrogen) atoms. The molecule has 1 N–H and O–H groups in total. The molecule has 0 aliphatic heterocycles. The number of unbranched alkanes of at least 4 members (excludes halogenated alkanes) is 4. The van der Waals surface area contributed by atoms with E-state index in [-0.39, 0.29) is 6.10 Å². The van der Waals surface area contributed by atoms with Crippen LogP contribution in [-0.2, 0) is 0 Å². The monoisotopic (exact) mass is 143 g/mol. The molecule has 0 spiro atoms. The van der Waals surface area contributed by atoms with Crippen molar-refractivity contribution in [1.29, 1.82) is 0 Å². The number of rotatable bonds is 6. The van der Waals surface area contributed by atoms with Gasteiger partial charge in [-0.25, -0.2) is 0 Å². The number of aliphatic hydroxyl groups is 1. The van der Waals surface area contributed by atoms with Gasteiger partial charge in [-0.2, -0.15) is 0 Å². The Morgan fingerprint density at radius 2 is 1.80 bits per heavy atom. The van der Waals surface area contributed by atoms with Crippen LogP contribution >= 0.6 is 0 Å². The van der Waals surface area contributed by atoms with Gasteiger partial charge in [0.2, 0.25) is 0 Å². The standard InChI is InChI=1S/C9H19O/c1-3-4-5-6-7-8-9(2)10/h9-10H,2-8H2,1H3. The second-order valence-corrected chi connectivity index (χ2v) is 2.86. The lowest BCUT2D eigenvalue weighted by atomic mass is 10.1. The minimum atomic E-state index is -0.346. The van der Waals surface area contributed by atoms with Gasteiger partial charge < -0.3 is 5.11 Å². The molecule has 0 saturated carbocycles. The first-order valence-corrected chi connectivity index (χ1v) is 4.28. The van der Waals surface area contributed by atoms with Crippen LogP contribution in [0.3, 0.4) is 0 Å². The Morgan fingerprint density at radius 3 is 2.30 bits per heavy atom. The van der Waals surface area contributed by atoms with E-state index in [9.17, 15) is 0 Å². The van der Waals surface area contributed by atoms with Gasteiger partial charge in [0.1, 0.15) is 0 Å². The minimum Gasteiger partial charge on any atom is -0.393 e. The van der Waals surface area contributed by atoms with Crippen LogP contribution in [0.2, 0.25) is 0 Å². The van der Waals surface area contributed by atoms with Gasteiger partial charge in [-0.15, -0.1) is 0 Å². The Hall–Kier alpha value is -0.0400. The molecule has 0 heterocycles. The third-order valence-electron chi connectivity index (χ3n) is 1.64. The summed E-state index contributed by atoms with van der Waals surface area (Å²) in [6.45, 7) is 5.72. The van der Waals surface area contributed by atoms with Crippen molar-refractivity contribution in [3.05, 3.63) is 6.92 Å². The molecule has 0 aromatic heterocycles. The van der Waals surface area contributed by atoms with Gasteiger partial charge >= 0.3 is 0 Å². The maximum atomic E-state index is 8.80. The summed E-state index contributed by atoms with van der Waals surface area (Å²) in [5.41, 5.74) is 0. The van der Waals surface area contributed by atoms with Gasteiger partial charge in [-0.1, -0.05) is 39.0 Å². The van der Waals surface area contributed by atoms with E-state index in [1.54, 1.807) is 0 Å². The van der Waals surface area contributed by atoms with Crippen molar-refractivity contribution in [3.8, 4) is 0 Å². The van der Waals surface area contributed by atoms with Gasteiger partial charge in [-0.3, -0.25) is 0 Å². The van der Waals surface area contributed by atoms with Crippen LogP contribution in [0.5, 0.6) is 0 Å². The average Bonchev–Trinajstić information content (AvgIpc) is 1.87. The second-order valence-electron chi connectivity index (χ2n) is 2.86. The molecule has 0 saturated heterocycles. The highest BCUT2D eigenvalue weighted by molar-refractivity contribution is 4.56. The zero-order valence-corrected chi connectivity index (χ0v) is 6.97. The molecule has 0 bridgehead atoms. The van der Waals surface area contributed by atoms with Crippen molar-refractivity contribution >= 4 is 0 Å². The van der Waals surface area contributed by atoms with E-state index in [1.807, 2.05) is 0 Å². The lowest BCUT2D eigenvalue weighted by Gasteiger charge is -2.01. The number of aliphatic hydroxyl groups excluding tert-OH is 1. The molecule has 0 aromatic carbocycles. The Bertz CT molecular complexity index is 59.7. The van der Waals surface area contributed by atoms with E-state index in [4.69, 9.17) is 5.11 Å². The normalized spacial score (nSPS) is 13.5. The summed E-state index contributed by atoms with van der Waals surface area (Å²) >= 11 is 0. The van der Waals surface area contributed by atoms with Crippen LogP contribution in [0.1, 0.15) is 45.4 Å². The number of hydrogen-bond acceptors (Lipinski definition) is 1. The molecule has 1 radical (unpaired) electrons. The quantitative estimate of drug-likeness (QED) is 0.566. The summed E-state index contributed by atoms with van der Waals surface area (Å²) in [5, 5.41) is 8.80. The molecule has 1 heteroatoms. The van der Waals surface area contributed by atoms with Crippen LogP contribution in [0.15, 0.2) is 0 Å². The van der Waals surface area contributed by atoms with Gasteiger partial charge in [0.25, 0.3) is 0 Å². The zero-order chi connectivity index (χ0) is 7.82. The predicted octanol–water partition coefficient (Wildman–Crippen LogP) is 2.54. The van der Waals surface area contributed by atoms with E-state index >= 15 is 0 Å². The second kappa shape index (κ2) is 7.07. The van der Waals surface area contributed by atoms with E-state index in [1.165, 1.54) is 25.7 Å². The van der Waals surface area contributed by atoms with Gasteiger partial charge in [0, 0.05) is 0 Å². The highest BCUT2D eigenvalue weighted by Crippen LogP contribution is 2.06. The summed E-state index contributed by atoms with van der Waals surface area (Å²) in [4.78, 5) is 0. The predicted molar refractivity (Wildman–Crippen MR) is 44.7 cm³/mol. The first kappa shape index (κ1) is 9.96. The summed E-state index contributed by atoms with van der Waals surface area (Å²) in [6, 6.07) is 0. The molecule has 0 aliphatic rings. The smallest absolute Gasteiger partial charge is 0.0541 e. The van der Waals surface area contributed by atoms with E-state index in [0.717, 1.165) is 12.8 Å². The Balaban J connectivity index is 2.77. The fourth-order valence-corrected chi connectivity index (χ4v) is 0.984. The lowest BCUT2D eigenvalue weighted by Crippen LogP contribution is -1.98. The first-order valence-electron chi connectivity index (χ1n) is 4.28. The molecule has 0 aliphatic carbocycles. The van der Waals surface area contributed by atoms with Gasteiger partial charge in [0.15, 0.2) is 0 Å². The molecular weight excluding hydrogens is 124 g/mol. The summed E-state index contributed by atoms with van der Waals surface area (Å²) in [5.74, 6) is 0. The van der Waals surface area contributed by atoms with Crippen LogP contribution in [-0.4, -0.2) is 11.2 Å². The Kier molecular flexibility index (Phi) is 7.04. The summed E-state index contributed by atoms with van der Waals surface area (Å²) in [7, 11) is 0. The summed E-state index contributed by atoms with van der Waals surface area (Å²) in [6.07, 6.45) is 6.82.